The standard InChI is InChI=1S/C23H24N2O3/c1-28-21-10-9-16-11-18-13-17(8-7-15(18)12-19(16)14-21)22(26)25-23(27)24-20-5-3-2-4-6-20/h7-14,20H,2-6H2,1H3,(H2,24,25,26,27). The highest BCUT2D eigenvalue weighted by molar-refractivity contribution is 6.07. The molecule has 28 heavy (non-hydrogen) atoms. The van der Waals surface area contributed by atoms with E-state index < -0.39 is 6.03 Å². The highest BCUT2D eigenvalue weighted by Gasteiger charge is 2.17. The zero-order valence-corrected chi connectivity index (χ0v) is 16.0. The largest absolute Gasteiger partial charge is 0.497 e. The average Bonchev–Trinajstić information content (AvgIpc) is 2.72. The van der Waals surface area contributed by atoms with Crippen LogP contribution in [0.1, 0.15) is 42.5 Å². The fourth-order valence-corrected chi connectivity index (χ4v) is 3.89. The van der Waals surface area contributed by atoms with Gasteiger partial charge in [0.2, 0.25) is 0 Å². The summed E-state index contributed by atoms with van der Waals surface area (Å²) < 4.78 is 5.29. The van der Waals surface area contributed by atoms with Gasteiger partial charge in [-0.05, 0) is 70.8 Å². The molecule has 0 atom stereocenters. The van der Waals surface area contributed by atoms with Gasteiger partial charge in [-0.25, -0.2) is 4.79 Å². The third-order valence-electron chi connectivity index (χ3n) is 5.43. The molecular weight excluding hydrogens is 352 g/mol. The predicted octanol–water partition coefficient (Wildman–Crippen LogP) is 4.77. The number of methoxy groups -OCH3 is 1. The molecule has 144 valence electrons. The molecule has 0 bridgehead atoms. The number of ether oxygens (including phenoxy) is 1. The second-order valence-electron chi connectivity index (χ2n) is 7.39. The third-order valence-corrected chi connectivity index (χ3v) is 5.43. The van der Waals surface area contributed by atoms with Crippen LogP contribution in [-0.2, 0) is 0 Å². The summed E-state index contributed by atoms with van der Waals surface area (Å²) in [4.78, 5) is 24.6. The maximum atomic E-state index is 12.5. The topological polar surface area (TPSA) is 67.4 Å². The van der Waals surface area contributed by atoms with E-state index in [0.717, 1.165) is 53.0 Å². The molecule has 4 rings (SSSR count). The molecule has 0 aliphatic heterocycles. The van der Waals surface area contributed by atoms with Gasteiger partial charge in [-0.1, -0.05) is 31.4 Å². The highest BCUT2D eigenvalue weighted by Crippen LogP contribution is 2.27. The number of benzene rings is 3. The SMILES string of the molecule is COc1ccc2cc3cc(C(=O)NC(=O)NC4CCCCC4)ccc3cc2c1. The lowest BCUT2D eigenvalue weighted by Gasteiger charge is -2.22. The lowest BCUT2D eigenvalue weighted by Crippen LogP contribution is -2.45. The summed E-state index contributed by atoms with van der Waals surface area (Å²) in [5.74, 6) is 0.428. The minimum absolute atomic E-state index is 0.168. The second kappa shape index (κ2) is 7.89. The van der Waals surface area contributed by atoms with E-state index in [4.69, 9.17) is 4.74 Å². The summed E-state index contributed by atoms with van der Waals surface area (Å²) in [6, 6.07) is 15.3. The number of amides is 3. The molecule has 5 heteroatoms. The van der Waals surface area contributed by atoms with Crippen molar-refractivity contribution in [2.45, 2.75) is 38.1 Å². The molecule has 1 aliphatic rings. The van der Waals surface area contributed by atoms with Crippen LogP contribution in [0.5, 0.6) is 5.75 Å². The van der Waals surface area contributed by atoms with E-state index in [1.807, 2.05) is 36.4 Å². The normalized spacial score (nSPS) is 14.8. The van der Waals surface area contributed by atoms with Gasteiger partial charge in [0.15, 0.2) is 0 Å². The van der Waals surface area contributed by atoms with Crippen molar-refractivity contribution in [3.05, 3.63) is 54.1 Å². The van der Waals surface area contributed by atoms with Crippen molar-refractivity contribution >= 4 is 33.5 Å². The maximum absolute atomic E-state index is 12.5. The molecule has 3 aromatic carbocycles. The Hall–Kier alpha value is -3.08. The number of carbonyl (C=O) groups is 2. The molecule has 0 heterocycles. The van der Waals surface area contributed by atoms with Gasteiger partial charge in [0.25, 0.3) is 5.91 Å². The Morgan fingerprint density at radius 3 is 2.25 bits per heavy atom. The summed E-state index contributed by atoms with van der Waals surface area (Å²) in [6.07, 6.45) is 5.44. The molecule has 2 N–H and O–H groups in total. The van der Waals surface area contributed by atoms with Crippen molar-refractivity contribution in [3.63, 3.8) is 0 Å². The van der Waals surface area contributed by atoms with Crippen LogP contribution in [0, 0.1) is 0 Å². The summed E-state index contributed by atoms with van der Waals surface area (Å²) in [6.45, 7) is 0. The zero-order valence-electron chi connectivity index (χ0n) is 16.0. The Bertz CT molecular complexity index is 1040. The van der Waals surface area contributed by atoms with Gasteiger partial charge in [-0.2, -0.15) is 0 Å². The number of hydrogen-bond donors (Lipinski definition) is 2. The molecule has 1 aliphatic carbocycles. The fourth-order valence-electron chi connectivity index (χ4n) is 3.89. The van der Waals surface area contributed by atoms with Crippen LogP contribution >= 0.6 is 0 Å². The molecular formula is C23H24N2O3. The van der Waals surface area contributed by atoms with Gasteiger partial charge in [0.1, 0.15) is 5.75 Å². The zero-order chi connectivity index (χ0) is 19.5. The summed E-state index contributed by atoms with van der Waals surface area (Å²) in [5, 5.41) is 9.50. The Morgan fingerprint density at radius 2 is 1.54 bits per heavy atom. The first-order chi connectivity index (χ1) is 13.6. The number of hydrogen-bond acceptors (Lipinski definition) is 3. The summed E-state index contributed by atoms with van der Waals surface area (Å²) >= 11 is 0. The number of carbonyl (C=O) groups excluding carboxylic acids is 2. The molecule has 0 aromatic heterocycles. The molecule has 0 saturated heterocycles. The van der Waals surface area contributed by atoms with Gasteiger partial charge in [-0.15, -0.1) is 0 Å². The highest BCUT2D eigenvalue weighted by atomic mass is 16.5. The Labute approximate surface area is 164 Å². The van der Waals surface area contributed by atoms with Crippen LogP contribution < -0.4 is 15.4 Å². The van der Waals surface area contributed by atoms with Crippen LogP contribution in [0.2, 0.25) is 0 Å². The van der Waals surface area contributed by atoms with Crippen molar-refractivity contribution in [2.24, 2.45) is 0 Å². The lowest BCUT2D eigenvalue weighted by atomic mass is 9.96. The van der Waals surface area contributed by atoms with Crippen molar-refractivity contribution in [1.82, 2.24) is 10.6 Å². The van der Waals surface area contributed by atoms with Crippen molar-refractivity contribution < 1.29 is 14.3 Å². The third kappa shape index (κ3) is 3.93. The lowest BCUT2D eigenvalue weighted by molar-refractivity contribution is 0.0963. The molecule has 0 spiro atoms. The van der Waals surface area contributed by atoms with E-state index in [1.54, 1.807) is 13.2 Å². The minimum Gasteiger partial charge on any atom is -0.497 e. The van der Waals surface area contributed by atoms with Crippen LogP contribution in [0.3, 0.4) is 0 Å². The number of rotatable bonds is 3. The van der Waals surface area contributed by atoms with E-state index in [2.05, 4.69) is 16.7 Å². The monoisotopic (exact) mass is 376 g/mol. The van der Waals surface area contributed by atoms with Crippen LogP contribution in [-0.4, -0.2) is 25.1 Å². The summed E-state index contributed by atoms with van der Waals surface area (Å²) in [5.41, 5.74) is 0.471. The Morgan fingerprint density at radius 1 is 0.857 bits per heavy atom. The molecule has 1 fully saturated rings. The molecule has 0 radical (unpaired) electrons. The van der Waals surface area contributed by atoms with Crippen molar-refractivity contribution in [1.29, 1.82) is 0 Å². The van der Waals surface area contributed by atoms with E-state index in [-0.39, 0.29) is 11.9 Å². The Balaban J connectivity index is 1.52. The number of fused-ring (bicyclic) bond motifs is 2. The van der Waals surface area contributed by atoms with Crippen molar-refractivity contribution in [2.75, 3.05) is 7.11 Å². The number of imide groups is 1. The van der Waals surface area contributed by atoms with Crippen LogP contribution in [0.4, 0.5) is 4.79 Å². The molecule has 3 aromatic rings. The smallest absolute Gasteiger partial charge is 0.321 e. The minimum atomic E-state index is -0.414. The first-order valence-corrected chi connectivity index (χ1v) is 9.76. The molecule has 3 amide bonds. The van der Waals surface area contributed by atoms with Gasteiger partial charge < -0.3 is 10.1 Å². The summed E-state index contributed by atoms with van der Waals surface area (Å²) in [7, 11) is 1.65. The van der Waals surface area contributed by atoms with Crippen LogP contribution in [0.25, 0.3) is 21.5 Å². The molecule has 5 nitrogen and oxygen atoms in total. The molecule has 0 unspecified atom stereocenters. The first kappa shape index (κ1) is 18.3. The van der Waals surface area contributed by atoms with E-state index in [0.29, 0.717) is 5.56 Å². The quantitative estimate of drug-likeness (QED) is 0.647. The van der Waals surface area contributed by atoms with Crippen LogP contribution in [0.15, 0.2) is 48.5 Å². The Kier molecular flexibility index (Phi) is 5.15. The van der Waals surface area contributed by atoms with E-state index in [9.17, 15) is 9.59 Å². The first-order valence-electron chi connectivity index (χ1n) is 9.76. The number of nitrogens with one attached hydrogen (secondary N) is 2. The maximum Gasteiger partial charge on any atom is 0.321 e. The van der Waals surface area contributed by atoms with Gasteiger partial charge in [0, 0.05) is 11.6 Å². The van der Waals surface area contributed by atoms with Gasteiger partial charge in [0.05, 0.1) is 7.11 Å². The van der Waals surface area contributed by atoms with E-state index >= 15 is 0 Å². The van der Waals surface area contributed by atoms with Gasteiger partial charge >= 0.3 is 6.03 Å². The second-order valence-corrected chi connectivity index (χ2v) is 7.39. The number of urea groups is 1. The van der Waals surface area contributed by atoms with Gasteiger partial charge in [-0.3, -0.25) is 10.1 Å². The predicted molar refractivity (Wildman–Crippen MR) is 111 cm³/mol. The average molecular weight is 376 g/mol. The van der Waals surface area contributed by atoms with Crippen molar-refractivity contribution in [3.8, 4) is 5.75 Å². The molecule has 1 saturated carbocycles. The van der Waals surface area contributed by atoms with E-state index in [1.165, 1.54) is 6.42 Å². The fraction of sp³-hybridized carbons (Fsp3) is 0.304.